The molecule has 4 unspecified atom stereocenters. The first-order valence-electron chi connectivity index (χ1n) is 8.89. The Balaban J connectivity index is 1.51. The highest BCUT2D eigenvalue weighted by molar-refractivity contribution is 4.75. The maximum atomic E-state index is 10.0. The van der Waals surface area contributed by atoms with E-state index in [1.165, 1.54) is 38.8 Å². The topological polar surface area (TPSA) is 44.7 Å². The number of ether oxygens (including phenoxy) is 1. The average molecular weight is 298 g/mol. The largest absolute Gasteiger partial charge is 0.389 e. The van der Waals surface area contributed by atoms with E-state index in [4.69, 9.17) is 4.74 Å². The Morgan fingerprint density at radius 2 is 1.95 bits per heavy atom. The molecule has 0 aromatic rings. The van der Waals surface area contributed by atoms with Crippen LogP contribution in [0.3, 0.4) is 0 Å². The van der Waals surface area contributed by atoms with Gasteiger partial charge in [0.15, 0.2) is 0 Å². The van der Waals surface area contributed by atoms with Crippen LogP contribution in [-0.4, -0.2) is 61.0 Å². The van der Waals surface area contributed by atoms with E-state index in [0.29, 0.717) is 25.3 Å². The molecule has 1 saturated heterocycles. The first kappa shape index (κ1) is 17.2. The number of nitrogens with one attached hydrogen (secondary N) is 1. The molecule has 2 rings (SSSR count). The molecule has 0 bridgehead atoms. The second kappa shape index (κ2) is 9.09. The predicted molar refractivity (Wildman–Crippen MR) is 86.5 cm³/mol. The third kappa shape index (κ3) is 6.23. The highest BCUT2D eigenvalue weighted by Gasteiger charge is 2.21. The molecule has 1 saturated carbocycles. The zero-order valence-electron chi connectivity index (χ0n) is 13.9. The van der Waals surface area contributed by atoms with E-state index in [0.717, 1.165) is 25.3 Å². The molecular formula is C17H34N2O2. The Bertz CT molecular complexity index is 282. The van der Waals surface area contributed by atoms with Crippen molar-refractivity contribution < 1.29 is 9.84 Å². The van der Waals surface area contributed by atoms with Gasteiger partial charge in [0.25, 0.3) is 0 Å². The monoisotopic (exact) mass is 298 g/mol. The summed E-state index contributed by atoms with van der Waals surface area (Å²) in [7, 11) is 0. The summed E-state index contributed by atoms with van der Waals surface area (Å²) in [5.41, 5.74) is 0. The Labute approximate surface area is 130 Å². The van der Waals surface area contributed by atoms with Crippen LogP contribution in [0.2, 0.25) is 0 Å². The third-order valence-electron chi connectivity index (χ3n) is 5.00. The molecule has 1 heterocycles. The molecule has 0 radical (unpaired) electrons. The lowest BCUT2D eigenvalue weighted by molar-refractivity contribution is -0.0308. The number of hydrogen-bond donors (Lipinski definition) is 2. The van der Waals surface area contributed by atoms with E-state index in [9.17, 15) is 5.11 Å². The number of aliphatic hydroxyl groups is 1. The summed E-state index contributed by atoms with van der Waals surface area (Å²) in [5, 5.41) is 13.4. The molecule has 4 nitrogen and oxygen atoms in total. The summed E-state index contributed by atoms with van der Waals surface area (Å²) in [6.45, 7) is 9.10. The Hall–Kier alpha value is -0.160. The molecule has 0 aromatic carbocycles. The van der Waals surface area contributed by atoms with Crippen molar-refractivity contribution in [1.29, 1.82) is 0 Å². The van der Waals surface area contributed by atoms with Crippen molar-refractivity contribution in [3.05, 3.63) is 0 Å². The van der Waals surface area contributed by atoms with Crippen molar-refractivity contribution in [3.63, 3.8) is 0 Å². The molecule has 0 spiro atoms. The van der Waals surface area contributed by atoms with E-state index in [-0.39, 0.29) is 6.10 Å². The highest BCUT2D eigenvalue weighted by Crippen LogP contribution is 2.25. The molecule has 0 amide bonds. The lowest BCUT2D eigenvalue weighted by Crippen LogP contribution is -2.41. The molecule has 2 aliphatic rings. The summed E-state index contributed by atoms with van der Waals surface area (Å²) in [6, 6.07) is 0.569. The minimum atomic E-state index is -0.381. The summed E-state index contributed by atoms with van der Waals surface area (Å²) in [6.07, 6.45) is 7.58. The van der Waals surface area contributed by atoms with Gasteiger partial charge in [-0.15, -0.1) is 0 Å². The van der Waals surface area contributed by atoms with E-state index in [1.807, 2.05) is 0 Å². The van der Waals surface area contributed by atoms with E-state index < -0.39 is 0 Å². The molecule has 0 aromatic heterocycles. The minimum Gasteiger partial charge on any atom is -0.389 e. The van der Waals surface area contributed by atoms with Crippen molar-refractivity contribution in [2.24, 2.45) is 5.92 Å². The zero-order valence-corrected chi connectivity index (χ0v) is 13.9. The van der Waals surface area contributed by atoms with Gasteiger partial charge in [-0.3, -0.25) is 4.90 Å². The van der Waals surface area contributed by atoms with E-state index >= 15 is 0 Å². The molecule has 4 atom stereocenters. The van der Waals surface area contributed by atoms with Gasteiger partial charge in [0.1, 0.15) is 0 Å². The van der Waals surface area contributed by atoms with E-state index in [2.05, 4.69) is 24.1 Å². The quantitative estimate of drug-likeness (QED) is 0.719. The van der Waals surface area contributed by atoms with Gasteiger partial charge in [0.2, 0.25) is 0 Å². The van der Waals surface area contributed by atoms with Gasteiger partial charge >= 0.3 is 0 Å². The standard InChI is InChI=1S/C17H34N2O2/c1-14-6-5-7-17(10-14)21-13-16(20)12-18-11-15(2)19-8-3-4-9-19/h14-18,20H,3-13H2,1-2H3. The van der Waals surface area contributed by atoms with Crippen LogP contribution in [0.1, 0.15) is 52.4 Å². The van der Waals surface area contributed by atoms with Crippen LogP contribution in [0.5, 0.6) is 0 Å². The second-order valence-electron chi connectivity index (χ2n) is 7.13. The second-order valence-corrected chi connectivity index (χ2v) is 7.13. The van der Waals surface area contributed by atoms with Gasteiger partial charge in [-0.05, 0) is 51.6 Å². The molecule has 124 valence electrons. The normalized spacial score (nSPS) is 30.4. The molecule has 1 aliphatic carbocycles. The first-order chi connectivity index (χ1) is 10.1. The summed E-state index contributed by atoms with van der Waals surface area (Å²) in [5.74, 6) is 0.778. The van der Waals surface area contributed by atoms with Gasteiger partial charge in [-0.2, -0.15) is 0 Å². The third-order valence-corrected chi connectivity index (χ3v) is 5.00. The molecule has 4 heteroatoms. The summed E-state index contributed by atoms with van der Waals surface area (Å²) >= 11 is 0. The van der Waals surface area contributed by atoms with Crippen LogP contribution in [0.4, 0.5) is 0 Å². The molecule has 2 N–H and O–H groups in total. The maximum Gasteiger partial charge on any atom is 0.0897 e. The van der Waals surface area contributed by atoms with Crippen LogP contribution in [-0.2, 0) is 4.74 Å². The smallest absolute Gasteiger partial charge is 0.0897 e. The fraction of sp³-hybridized carbons (Fsp3) is 1.00. The van der Waals surface area contributed by atoms with Crippen molar-refractivity contribution >= 4 is 0 Å². The maximum absolute atomic E-state index is 10.0. The summed E-state index contributed by atoms with van der Waals surface area (Å²) < 4.78 is 5.87. The number of likely N-dealkylation sites (tertiary alicyclic amines) is 1. The fourth-order valence-electron chi connectivity index (χ4n) is 3.61. The molecular weight excluding hydrogens is 264 g/mol. The molecule has 21 heavy (non-hydrogen) atoms. The van der Waals surface area contributed by atoms with Crippen LogP contribution < -0.4 is 5.32 Å². The zero-order chi connectivity index (χ0) is 15.1. The van der Waals surface area contributed by atoms with E-state index in [1.54, 1.807) is 0 Å². The van der Waals surface area contributed by atoms with Crippen molar-refractivity contribution in [2.45, 2.75) is 70.6 Å². The van der Waals surface area contributed by atoms with Crippen LogP contribution in [0, 0.1) is 5.92 Å². The van der Waals surface area contributed by atoms with Crippen LogP contribution in [0.25, 0.3) is 0 Å². The first-order valence-corrected chi connectivity index (χ1v) is 8.89. The van der Waals surface area contributed by atoms with Gasteiger partial charge in [-0.25, -0.2) is 0 Å². The van der Waals surface area contributed by atoms with Gasteiger partial charge in [-0.1, -0.05) is 19.8 Å². The van der Waals surface area contributed by atoms with Crippen LogP contribution in [0.15, 0.2) is 0 Å². The van der Waals surface area contributed by atoms with Crippen molar-refractivity contribution in [2.75, 3.05) is 32.8 Å². The number of rotatable bonds is 8. The lowest BCUT2D eigenvalue weighted by atomic mass is 9.89. The average Bonchev–Trinajstić information content (AvgIpc) is 2.99. The van der Waals surface area contributed by atoms with Gasteiger partial charge in [0.05, 0.1) is 18.8 Å². The lowest BCUT2D eigenvalue weighted by Gasteiger charge is -2.28. The fourth-order valence-corrected chi connectivity index (χ4v) is 3.61. The Morgan fingerprint density at radius 3 is 2.67 bits per heavy atom. The Morgan fingerprint density at radius 1 is 1.19 bits per heavy atom. The highest BCUT2D eigenvalue weighted by atomic mass is 16.5. The molecule has 1 aliphatic heterocycles. The Kier molecular flexibility index (Phi) is 7.44. The van der Waals surface area contributed by atoms with Gasteiger partial charge < -0.3 is 15.2 Å². The summed E-state index contributed by atoms with van der Waals surface area (Å²) in [4.78, 5) is 2.53. The molecule has 2 fully saturated rings. The number of nitrogens with zero attached hydrogens (tertiary/aromatic N) is 1. The van der Waals surface area contributed by atoms with Crippen molar-refractivity contribution in [1.82, 2.24) is 10.2 Å². The van der Waals surface area contributed by atoms with Gasteiger partial charge in [0, 0.05) is 19.1 Å². The van der Waals surface area contributed by atoms with Crippen molar-refractivity contribution in [3.8, 4) is 0 Å². The number of aliphatic hydroxyl groups excluding tert-OH is 1. The predicted octanol–water partition coefficient (Wildman–Crippen LogP) is 2.02. The van der Waals surface area contributed by atoms with Crippen LogP contribution >= 0.6 is 0 Å². The number of hydrogen-bond acceptors (Lipinski definition) is 4. The minimum absolute atomic E-state index is 0.368. The SMILES string of the molecule is CC1CCCC(OCC(O)CNCC(C)N2CCCC2)C1.